The van der Waals surface area contributed by atoms with E-state index in [4.69, 9.17) is 0 Å². The topological polar surface area (TPSA) is 0 Å². The average Bonchev–Trinajstić information content (AvgIpc) is 2.49. The van der Waals surface area contributed by atoms with Crippen LogP contribution in [0.25, 0.3) is 0 Å². The Bertz CT molecular complexity index is 468. The fourth-order valence-electron chi connectivity index (χ4n) is 2.87. The summed E-state index contributed by atoms with van der Waals surface area (Å²) in [6, 6.07) is 0. The van der Waals surface area contributed by atoms with Gasteiger partial charge in [-0.1, -0.05) is 52.8 Å². The van der Waals surface area contributed by atoms with Crippen LogP contribution in [-0.2, 0) is 5.31 Å². The first-order valence-corrected chi connectivity index (χ1v) is 7.38. The zero-order valence-corrected chi connectivity index (χ0v) is 12.6. The number of rotatable bonds is 7. The molecule has 0 aliphatic rings. The lowest BCUT2D eigenvalue weighted by Crippen LogP contribution is -2.35. The van der Waals surface area contributed by atoms with Crippen LogP contribution in [0.5, 0.6) is 0 Å². The van der Waals surface area contributed by atoms with Crippen LogP contribution in [0, 0.1) is 29.1 Å². The average molecular weight is 306 g/mol. The zero-order valence-electron chi connectivity index (χ0n) is 12.6. The minimum atomic E-state index is -2.09. The highest BCUT2D eigenvalue weighted by atomic mass is 19.2. The smallest absolute Gasteiger partial charge is 0.200 e. The van der Waals surface area contributed by atoms with Crippen LogP contribution in [-0.4, -0.2) is 7.28 Å². The van der Waals surface area contributed by atoms with Crippen molar-refractivity contribution in [2.24, 2.45) is 0 Å². The summed E-state index contributed by atoms with van der Waals surface area (Å²) in [7, 11) is 0.409. The standard InChI is InChI=1S/C15H20BF5/c1-4-7-8-16-15(5-2,6-3)9-10(17)12(19)14(21)13(20)11(9)18/h16H,4-8H2,1-3H3. The maximum atomic E-state index is 14.1. The van der Waals surface area contributed by atoms with Crippen molar-refractivity contribution in [1.82, 2.24) is 0 Å². The van der Waals surface area contributed by atoms with Gasteiger partial charge in [-0.25, -0.2) is 22.0 Å². The van der Waals surface area contributed by atoms with E-state index in [0.717, 1.165) is 12.8 Å². The third kappa shape index (κ3) is 3.24. The molecule has 0 nitrogen and oxygen atoms in total. The van der Waals surface area contributed by atoms with Gasteiger partial charge < -0.3 is 0 Å². The van der Waals surface area contributed by atoms with E-state index in [1.165, 1.54) is 0 Å². The molecule has 0 saturated heterocycles. The number of benzene rings is 1. The molecule has 0 heterocycles. The van der Waals surface area contributed by atoms with Gasteiger partial charge in [-0.3, -0.25) is 0 Å². The van der Waals surface area contributed by atoms with Gasteiger partial charge in [-0.05, 0) is 5.31 Å². The molecule has 0 atom stereocenters. The van der Waals surface area contributed by atoms with Crippen molar-refractivity contribution in [3.63, 3.8) is 0 Å². The highest BCUT2D eigenvalue weighted by Crippen LogP contribution is 2.38. The summed E-state index contributed by atoms with van der Waals surface area (Å²) < 4.78 is 68.2. The zero-order chi connectivity index (χ0) is 16.2. The molecule has 1 aromatic carbocycles. The van der Waals surface area contributed by atoms with Gasteiger partial charge in [0.1, 0.15) is 7.28 Å². The molecule has 0 bridgehead atoms. The highest BCUT2D eigenvalue weighted by Gasteiger charge is 2.38. The van der Waals surface area contributed by atoms with Crippen LogP contribution in [0.15, 0.2) is 0 Å². The highest BCUT2D eigenvalue weighted by molar-refractivity contribution is 6.40. The largest absolute Gasteiger partial charge is 0.203 e. The quantitative estimate of drug-likeness (QED) is 0.217. The molecule has 0 amide bonds. The third-order valence-corrected chi connectivity index (χ3v) is 4.35. The summed E-state index contributed by atoms with van der Waals surface area (Å²) in [5.74, 6) is -9.18. The first-order chi connectivity index (χ1) is 9.86. The number of hydrogen-bond acceptors (Lipinski definition) is 0. The summed E-state index contributed by atoms with van der Waals surface area (Å²) in [6.07, 6.45) is 3.12. The molecule has 0 fully saturated rings. The van der Waals surface area contributed by atoms with Gasteiger partial charge >= 0.3 is 0 Å². The van der Waals surface area contributed by atoms with Crippen LogP contribution in [0.3, 0.4) is 0 Å². The summed E-state index contributed by atoms with van der Waals surface area (Å²) in [6.45, 7) is 5.42. The SMILES string of the molecule is CCCCBC(CC)(CC)c1c(F)c(F)c(F)c(F)c1F. The Hall–Kier alpha value is -1.07. The van der Waals surface area contributed by atoms with Gasteiger partial charge in [-0.15, -0.1) is 0 Å². The molecule has 118 valence electrons. The summed E-state index contributed by atoms with van der Waals surface area (Å²) >= 11 is 0. The Morgan fingerprint density at radius 1 is 0.762 bits per heavy atom. The van der Waals surface area contributed by atoms with Crippen LogP contribution in [0.4, 0.5) is 22.0 Å². The predicted molar refractivity (Wildman–Crippen MR) is 75.4 cm³/mol. The van der Waals surface area contributed by atoms with E-state index in [-0.39, 0.29) is 0 Å². The lowest BCUT2D eigenvalue weighted by atomic mass is 9.45. The van der Waals surface area contributed by atoms with Gasteiger partial charge in [-0.2, -0.15) is 0 Å². The van der Waals surface area contributed by atoms with Crippen molar-refractivity contribution in [1.29, 1.82) is 0 Å². The molecular formula is C15H20BF5. The normalized spacial score (nSPS) is 11.8. The fraction of sp³-hybridized carbons (Fsp3) is 0.600. The van der Waals surface area contributed by atoms with Gasteiger partial charge in [0, 0.05) is 5.56 Å². The molecule has 0 saturated carbocycles. The van der Waals surface area contributed by atoms with Crippen molar-refractivity contribution in [2.45, 2.75) is 58.1 Å². The molecule has 0 unspecified atom stereocenters. The molecule has 0 radical (unpaired) electrons. The molecule has 1 rings (SSSR count). The molecule has 0 N–H and O–H groups in total. The van der Waals surface area contributed by atoms with Gasteiger partial charge in [0.15, 0.2) is 23.3 Å². The second-order valence-electron chi connectivity index (χ2n) is 5.39. The third-order valence-electron chi connectivity index (χ3n) is 4.35. The molecular weight excluding hydrogens is 286 g/mol. The molecule has 1 aromatic rings. The van der Waals surface area contributed by atoms with Crippen molar-refractivity contribution in [3.05, 3.63) is 34.6 Å². The fourth-order valence-corrected chi connectivity index (χ4v) is 2.87. The minimum absolute atomic E-state index is 0.325. The van der Waals surface area contributed by atoms with E-state index < -0.39 is 40.0 Å². The Morgan fingerprint density at radius 3 is 1.57 bits per heavy atom. The first kappa shape index (κ1) is 18.0. The number of hydrogen-bond donors (Lipinski definition) is 0. The van der Waals surface area contributed by atoms with E-state index in [0.29, 0.717) is 26.4 Å². The van der Waals surface area contributed by atoms with Gasteiger partial charge in [0.25, 0.3) is 0 Å². The molecule has 0 aliphatic heterocycles. The van der Waals surface area contributed by atoms with E-state index in [1.807, 2.05) is 6.92 Å². The second-order valence-corrected chi connectivity index (χ2v) is 5.39. The van der Waals surface area contributed by atoms with Crippen LogP contribution in [0.1, 0.15) is 52.0 Å². The van der Waals surface area contributed by atoms with Gasteiger partial charge in [0.2, 0.25) is 5.82 Å². The summed E-state index contributed by atoms with van der Waals surface area (Å²) in [4.78, 5) is 0. The number of unbranched alkanes of at least 4 members (excludes halogenated alkanes) is 1. The van der Waals surface area contributed by atoms with Crippen molar-refractivity contribution in [2.75, 3.05) is 0 Å². The summed E-state index contributed by atoms with van der Waals surface area (Å²) in [5, 5.41) is -1.02. The van der Waals surface area contributed by atoms with E-state index >= 15 is 0 Å². The molecule has 0 spiro atoms. The molecule has 0 aliphatic carbocycles. The van der Waals surface area contributed by atoms with Crippen LogP contribution in [0.2, 0.25) is 6.32 Å². The van der Waals surface area contributed by atoms with Gasteiger partial charge in [0.05, 0.1) is 0 Å². The maximum Gasteiger partial charge on any atom is 0.200 e. The van der Waals surface area contributed by atoms with Crippen LogP contribution < -0.4 is 0 Å². The Morgan fingerprint density at radius 2 is 1.19 bits per heavy atom. The van der Waals surface area contributed by atoms with Crippen molar-refractivity contribution < 1.29 is 22.0 Å². The first-order valence-electron chi connectivity index (χ1n) is 7.38. The molecule has 6 heteroatoms. The Labute approximate surface area is 123 Å². The van der Waals surface area contributed by atoms with Crippen molar-refractivity contribution in [3.8, 4) is 0 Å². The van der Waals surface area contributed by atoms with E-state index in [9.17, 15) is 22.0 Å². The summed E-state index contributed by atoms with van der Waals surface area (Å²) in [5.41, 5.74) is -0.653. The number of halogens is 5. The van der Waals surface area contributed by atoms with Crippen LogP contribution >= 0.6 is 0 Å². The van der Waals surface area contributed by atoms with Crippen molar-refractivity contribution >= 4 is 7.28 Å². The van der Waals surface area contributed by atoms with E-state index in [1.54, 1.807) is 13.8 Å². The minimum Gasteiger partial charge on any atom is -0.203 e. The monoisotopic (exact) mass is 306 g/mol. The predicted octanol–water partition coefficient (Wildman–Crippen LogP) is 5.05. The molecule has 0 aromatic heterocycles. The Kier molecular flexibility index (Phi) is 6.23. The second kappa shape index (κ2) is 7.27. The lowest BCUT2D eigenvalue weighted by Gasteiger charge is -2.32. The lowest BCUT2D eigenvalue weighted by molar-refractivity contribution is 0.353. The Balaban J connectivity index is 3.45. The maximum absolute atomic E-state index is 14.1. The molecule has 21 heavy (non-hydrogen) atoms. The van der Waals surface area contributed by atoms with E-state index in [2.05, 4.69) is 0 Å².